The van der Waals surface area contributed by atoms with Gasteiger partial charge in [-0.05, 0) is 69.6 Å². The van der Waals surface area contributed by atoms with E-state index in [0.29, 0.717) is 30.1 Å². The molecule has 0 radical (unpaired) electrons. The Hall–Kier alpha value is -3.41. The third-order valence-electron chi connectivity index (χ3n) is 5.62. The van der Waals surface area contributed by atoms with Crippen LogP contribution in [0.5, 0.6) is 5.75 Å². The van der Waals surface area contributed by atoms with Gasteiger partial charge in [-0.25, -0.2) is 4.98 Å². The molecule has 11 nitrogen and oxygen atoms in total. The fourth-order valence-corrected chi connectivity index (χ4v) is 3.67. The number of hydrogen-bond donors (Lipinski definition) is 4. The van der Waals surface area contributed by atoms with E-state index in [4.69, 9.17) is 21.9 Å². The van der Waals surface area contributed by atoms with Crippen molar-refractivity contribution in [2.45, 2.75) is 44.6 Å². The van der Waals surface area contributed by atoms with Crippen molar-refractivity contribution in [2.24, 2.45) is 21.7 Å². The Kier molecular flexibility index (Phi) is 10.1. The number of aromatic nitrogens is 1. The second kappa shape index (κ2) is 13.5. The maximum Gasteiger partial charge on any atom is 0.325 e. The van der Waals surface area contributed by atoms with Gasteiger partial charge in [-0.1, -0.05) is 25.0 Å². The molecular formula is C24H34N8O3. The molecular weight excluding hydrogens is 448 g/mol. The van der Waals surface area contributed by atoms with E-state index >= 15 is 0 Å². The summed E-state index contributed by atoms with van der Waals surface area (Å²) in [5, 5.41) is 11.0. The number of carbonyl (C=O) groups excluding carboxylic acids is 2. The van der Waals surface area contributed by atoms with Crippen LogP contribution < -0.4 is 27.3 Å². The van der Waals surface area contributed by atoms with Gasteiger partial charge in [-0.2, -0.15) is 0 Å². The predicted octanol–water partition coefficient (Wildman–Crippen LogP) is 2.87. The first-order chi connectivity index (χ1) is 17.0. The number of pyridine rings is 1. The minimum atomic E-state index is -0.655. The fraction of sp³-hybridized carbons (Fsp3) is 0.458. The molecule has 0 saturated carbocycles. The van der Waals surface area contributed by atoms with Crippen molar-refractivity contribution in [1.82, 2.24) is 9.88 Å². The molecule has 0 spiro atoms. The maximum atomic E-state index is 12.4. The number of ether oxygens (including phenoxy) is 1. The van der Waals surface area contributed by atoms with Gasteiger partial charge in [-0.3, -0.25) is 14.5 Å². The third-order valence-corrected chi connectivity index (χ3v) is 5.62. The minimum Gasteiger partial charge on any atom is -0.423 e. The van der Waals surface area contributed by atoms with E-state index in [2.05, 4.69) is 25.4 Å². The number of para-hydroxylation sites is 1. The van der Waals surface area contributed by atoms with Gasteiger partial charge < -0.3 is 27.3 Å². The molecule has 2 heterocycles. The Morgan fingerprint density at radius 2 is 1.80 bits per heavy atom. The van der Waals surface area contributed by atoms with Crippen molar-refractivity contribution in [3.05, 3.63) is 36.4 Å². The lowest BCUT2D eigenvalue weighted by Gasteiger charge is -2.25. The summed E-state index contributed by atoms with van der Waals surface area (Å²) in [7, 11) is 0. The number of hydrogen-bond acceptors (Lipinski definition) is 10. The maximum absolute atomic E-state index is 12.4. The molecule has 7 N–H and O–H groups in total. The first-order valence-electron chi connectivity index (χ1n) is 11.9. The number of rotatable bonds is 11. The summed E-state index contributed by atoms with van der Waals surface area (Å²) in [4.78, 5) is 30.9. The molecule has 11 heteroatoms. The highest BCUT2D eigenvalue weighted by molar-refractivity contribution is 5.94. The minimum absolute atomic E-state index is 0.0860. The molecule has 3 rings (SSSR count). The third kappa shape index (κ3) is 8.39. The average Bonchev–Trinajstić information content (AvgIpc) is 2.85. The summed E-state index contributed by atoms with van der Waals surface area (Å²) in [6, 6.07) is 9.39. The summed E-state index contributed by atoms with van der Waals surface area (Å²) in [6.45, 7) is 2.61. The van der Waals surface area contributed by atoms with E-state index < -0.39 is 6.04 Å². The molecule has 1 amide bonds. The van der Waals surface area contributed by atoms with Gasteiger partial charge in [0, 0.05) is 0 Å². The number of likely N-dealkylation sites (tertiary alicyclic amines) is 1. The molecule has 0 unspecified atom stereocenters. The molecule has 1 aliphatic rings. The monoisotopic (exact) mass is 482 g/mol. The summed E-state index contributed by atoms with van der Waals surface area (Å²) in [5.41, 5.74) is 18.1. The number of piperidine rings is 1. The second-order valence-corrected chi connectivity index (χ2v) is 8.46. The highest BCUT2D eigenvalue weighted by atomic mass is 16.5. The number of benzene rings is 1. The normalized spacial score (nSPS) is 15.1. The van der Waals surface area contributed by atoms with Crippen LogP contribution in [0.3, 0.4) is 0 Å². The van der Waals surface area contributed by atoms with E-state index in [1.54, 1.807) is 36.4 Å². The first-order valence-corrected chi connectivity index (χ1v) is 11.9. The zero-order valence-electron chi connectivity index (χ0n) is 19.9. The lowest BCUT2D eigenvalue weighted by molar-refractivity contribution is -0.135. The zero-order valence-corrected chi connectivity index (χ0v) is 19.9. The molecule has 0 bridgehead atoms. The van der Waals surface area contributed by atoms with Gasteiger partial charge in [0.1, 0.15) is 17.2 Å². The largest absolute Gasteiger partial charge is 0.423 e. The van der Waals surface area contributed by atoms with Crippen LogP contribution in [0.15, 0.2) is 46.6 Å². The van der Waals surface area contributed by atoms with E-state index in [9.17, 15) is 9.59 Å². The average molecular weight is 483 g/mol. The molecule has 2 aromatic rings. The van der Waals surface area contributed by atoms with Crippen molar-refractivity contribution < 1.29 is 14.3 Å². The van der Waals surface area contributed by atoms with Gasteiger partial charge in [0.15, 0.2) is 11.6 Å². The van der Waals surface area contributed by atoms with Crippen LogP contribution in [-0.2, 0) is 9.59 Å². The highest BCUT2D eigenvalue weighted by Gasteiger charge is 2.17. The number of nitrogens with zero attached hydrogens (tertiary/aromatic N) is 4. The number of nitrogens with one attached hydrogen (secondary N) is 1. The summed E-state index contributed by atoms with van der Waals surface area (Å²) in [6.07, 6.45) is 5.51. The standard InChI is InChI=1S/C24H34N8O3/c25-13-5-4-8-17(26)24(34)29-21-12-11-19(23(27)28-21)31-30-18-9-2-3-10-20(18)35-22(33)16-32-14-6-1-7-15-32/h2-3,9-12,17H,1,4-8,13-16,25-26H2,(H3,27,28,29,34)/b31-30+/t17-/m0/s1. The predicted molar refractivity (Wildman–Crippen MR) is 135 cm³/mol. The Morgan fingerprint density at radius 1 is 1.06 bits per heavy atom. The quantitative estimate of drug-likeness (QED) is 0.164. The van der Waals surface area contributed by atoms with E-state index in [-0.39, 0.29) is 30.1 Å². The number of unbranched alkanes of at least 4 members (excludes halogenated alkanes) is 1. The number of amides is 1. The fourth-order valence-electron chi connectivity index (χ4n) is 3.67. The molecule has 188 valence electrons. The Labute approximate surface area is 205 Å². The lowest BCUT2D eigenvalue weighted by atomic mass is 10.1. The number of nitrogen functional groups attached to an aromatic ring is 1. The molecule has 1 aliphatic heterocycles. The Balaban J connectivity index is 1.60. The van der Waals surface area contributed by atoms with Crippen molar-refractivity contribution in [2.75, 3.05) is 37.2 Å². The molecule has 1 aromatic heterocycles. The van der Waals surface area contributed by atoms with Gasteiger partial charge in [0.25, 0.3) is 0 Å². The molecule has 1 atom stereocenters. The molecule has 1 fully saturated rings. The van der Waals surface area contributed by atoms with E-state index in [1.165, 1.54) is 6.42 Å². The van der Waals surface area contributed by atoms with Gasteiger partial charge in [-0.15, -0.1) is 10.2 Å². The van der Waals surface area contributed by atoms with E-state index in [0.717, 1.165) is 38.8 Å². The molecule has 1 aromatic carbocycles. The highest BCUT2D eigenvalue weighted by Crippen LogP contribution is 2.30. The van der Waals surface area contributed by atoms with Crippen LogP contribution >= 0.6 is 0 Å². The molecule has 35 heavy (non-hydrogen) atoms. The Morgan fingerprint density at radius 3 is 2.54 bits per heavy atom. The van der Waals surface area contributed by atoms with Crippen molar-refractivity contribution in [3.8, 4) is 5.75 Å². The summed E-state index contributed by atoms with van der Waals surface area (Å²) in [5.74, 6) is -0.00598. The van der Waals surface area contributed by atoms with Crippen molar-refractivity contribution >= 4 is 34.9 Å². The van der Waals surface area contributed by atoms with Crippen LogP contribution in [-0.4, -0.2) is 54.0 Å². The number of esters is 1. The van der Waals surface area contributed by atoms with Crippen LogP contribution in [0, 0.1) is 0 Å². The van der Waals surface area contributed by atoms with Crippen LogP contribution in [0.1, 0.15) is 38.5 Å². The number of carbonyl (C=O) groups is 2. The number of nitrogens with two attached hydrogens (primary N) is 3. The smallest absolute Gasteiger partial charge is 0.325 e. The summed E-state index contributed by atoms with van der Waals surface area (Å²) < 4.78 is 5.54. The van der Waals surface area contributed by atoms with Crippen LogP contribution in [0.25, 0.3) is 0 Å². The van der Waals surface area contributed by atoms with Gasteiger partial charge >= 0.3 is 5.97 Å². The Bertz CT molecular complexity index is 1020. The molecule has 1 saturated heterocycles. The van der Waals surface area contributed by atoms with Crippen molar-refractivity contribution in [1.29, 1.82) is 0 Å². The zero-order chi connectivity index (χ0) is 25.0. The van der Waals surface area contributed by atoms with Crippen molar-refractivity contribution in [3.63, 3.8) is 0 Å². The van der Waals surface area contributed by atoms with E-state index in [1.807, 2.05) is 0 Å². The summed E-state index contributed by atoms with van der Waals surface area (Å²) >= 11 is 0. The molecule has 0 aliphatic carbocycles. The second-order valence-electron chi connectivity index (χ2n) is 8.46. The lowest BCUT2D eigenvalue weighted by Crippen LogP contribution is -2.36. The van der Waals surface area contributed by atoms with Gasteiger partial charge in [0.2, 0.25) is 5.91 Å². The SMILES string of the molecule is NCCCC[C@H](N)C(=O)Nc1ccc(/N=N/c2ccccc2OC(=O)CN2CCCCC2)c(N)n1. The first kappa shape index (κ1) is 26.2. The van der Waals surface area contributed by atoms with Crippen LogP contribution in [0.2, 0.25) is 0 Å². The number of anilines is 2. The topological polar surface area (TPSA) is 174 Å². The number of azo groups is 1. The van der Waals surface area contributed by atoms with Crippen LogP contribution in [0.4, 0.5) is 23.0 Å². The van der Waals surface area contributed by atoms with Gasteiger partial charge in [0.05, 0.1) is 12.6 Å².